The molecule has 0 unspecified atom stereocenters. The van der Waals surface area contributed by atoms with Gasteiger partial charge in [-0.2, -0.15) is 0 Å². The number of pyridine rings is 1. The molecule has 1 fully saturated rings. The van der Waals surface area contributed by atoms with Gasteiger partial charge in [0.05, 0.1) is 0 Å². The Labute approximate surface area is 89.7 Å². The molecule has 2 aromatic rings. The largest absolute Gasteiger partial charge is 0.346 e. The minimum Gasteiger partial charge on any atom is -0.346 e. The van der Waals surface area contributed by atoms with Crippen molar-refractivity contribution in [1.29, 1.82) is 0 Å². The van der Waals surface area contributed by atoms with Crippen molar-refractivity contribution in [3.8, 4) is 0 Å². The number of H-pyrrole nitrogens is 1. The van der Waals surface area contributed by atoms with Crippen LogP contribution in [0.2, 0.25) is 0 Å². The van der Waals surface area contributed by atoms with Gasteiger partial charge in [-0.3, -0.25) is 0 Å². The minimum atomic E-state index is 0.907. The molecule has 0 amide bonds. The summed E-state index contributed by atoms with van der Waals surface area (Å²) in [5.74, 6) is 0.907. The number of nitrogens with one attached hydrogen (secondary N) is 1. The van der Waals surface area contributed by atoms with Crippen molar-refractivity contribution in [2.24, 2.45) is 5.92 Å². The van der Waals surface area contributed by atoms with Gasteiger partial charge in [0.2, 0.25) is 0 Å². The molecule has 0 radical (unpaired) electrons. The fraction of sp³-hybridized carbons (Fsp3) is 0.462. The van der Waals surface area contributed by atoms with Gasteiger partial charge in [0, 0.05) is 17.8 Å². The number of aromatic nitrogens is 2. The summed E-state index contributed by atoms with van der Waals surface area (Å²) >= 11 is 0. The molecule has 3 rings (SSSR count). The molecule has 78 valence electrons. The van der Waals surface area contributed by atoms with Gasteiger partial charge in [-0.05, 0) is 30.0 Å². The third kappa shape index (κ3) is 1.65. The summed E-state index contributed by atoms with van der Waals surface area (Å²) in [4.78, 5) is 7.57. The van der Waals surface area contributed by atoms with E-state index in [1.807, 2.05) is 12.3 Å². The number of aromatic amines is 1. The lowest BCUT2D eigenvalue weighted by Gasteiger charge is -2.06. The van der Waals surface area contributed by atoms with E-state index < -0.39 is 0 Å². The van der Waals surface area contributed by atoms with E-state index >= 15 is 0 Å². The smallest absolute Gasteiger partial charge is 0.137 e. The highest BCUT2D eigenvalue weighted by Gasteiger charge is 2.16. The van der Waals surface area contributed by atoms with Crippen LogP contribution in [0.25, 0.3) is 11.0 Å². The van der Waals surface area contributed by atoms with Gasteiger partial charge in [-0.15, -0.1) is 0 Å². The lowest BCUT2D eigenvalue weighted by Crippen LogP contribution is -1.97. The quantitative estimate of drug-likeness (QED) is 0.791. The van der Waals surface area contributed by atoms with Crippen LogP contribution < -0.4 is 0 Å². The third-order valence-electron chi connectivity index (χ3n) is 3.52. The summed E-state index contributed by atoms with van der Waals surface area (Å²) in [7, 11) is 0. The summed E-state index contributed by atoms with van der Waals surface area (Å²) in [6, 6.07) is 4.19. The van der Waals surface area contributed by atoms with Crippen LogP contribution in [-0.4, -0.2) is 9.97 Å². The Morgan fingerprint density at radius 1 is 1.33 bits per heavy atom. The van der Waals surface area contributed by atoms with Crippen molar-refractivity contribution >= 4 is 11.0 Å². The van der Waals surface area contributed by atoms with Crippen LogP contribution in [0, 0.1) is 5.92 Å². The summed E-state index contributed by atoms with van der Waals surface area (Å²) in [6.45, 7) is 0. The van der Waals surface area contributed by atoms with Crippen molar-refractivity contribution in [3.63, 3.8) is 0 Å². The molecule has 0 aromatic carbocycles. The Hall–Kier alpha value is -1.31. The fourth-order valence-electron chi connectivity index (χ4n) is 2.71. The predicted octanol–water partition coefficient (Wildman–Crippen LogP) is 3.30. The lowest BCUT2D eigenvalue weighted by molar-refractivity contribution is 0.548. The van der Waals surface area contributed by atoms with Gasteiger partial charge in [-0.25, -0.2) is 4.98 Å². The first-order chi connectivity index (χ1) is 7.43. The van der Waals surface area contributed by atoms with E-state index in [-0.39, 0.29) is 0 Å². The van der Waals surface area contributed by atoms with Crippen molar-refractivity contribution in [1.82, 2.24) is 9.97 Å². The maximum atomic E-state index is 4.32. The molecule has 1 aliphatic rings. The molecular weight excluding hydrogens is 184 g/mol. The molecule has 2 nitrogen and oxygen atoms in total. The summed E-state index contributed by atoms with van der Waals surface area (Å²) in [6.07, 6.45) is 10.9. The molecule has 0 bridgehead atoms. The van der Waals surface area contributed by atoms with Crippen molar-refractivity contribution in [2.45, 2.75) is 32.1 Å². The van der Waals surface area contributed by atoms with Crippen LogP contribution in [0.15, 0.2) is 24.5 Å². The Morgan fingerprint density at radius 2 is 2.20 bits per heavy atom. The first-order valence-electron chi connectivity index (χ1n) is 5.84. The maximum absolute atomic E-state index is 4.32. The maximum Gasteiger partial charge on any atom is 0.137 e. The molecule has 1 N–H and O–H groups in total. The Balaban J connectivity index is 1.90. The van der Waals surface area contributed by atoms with Gasteiger partial charge in [0.1, 0.15) is 5.65 Å². The molecule has 2 heterocycles. The zero-order chi connectivity index (χ0) is 10.1. The van der Waals surface area contributed by atoms with Crippen LogP contribution in [0.5, 0.6) is 0 Å². The summed E-state index contributed by atoms with van der Waals surface area (Å²) < 4.78 is 0. The predicted molar refractivity (Wildman–Crippen MR) is 61.8 cm³/mol. The van der Waals surface area contributed by atoms with Crippen LogP contribution in [0.1, 0.15) is 31.2 Å². The second kappa shape index (κ2) is 3.69. The van der Waals surface area contributed by atoms with E-state index in [0.29, 0.717) is 0 Å². The number of nitrogens with zero attached hydrogens (tertiary/aromatic N) is 1. The van der Waals surface area contributed by atoms with Gasteiger partial charge in [0.15, 0.2) is 0 Å². The van der Waals surface area contributed by atoms with E-state index in [1.165, 1.54) is 43.1 Å². The Morgan fingerprint density at radius 3 is 3.07 bits per heavy atom. The van der Waals surface area contributed by atoms with Crippen molar-refractivity contribution in [2.75, 3.05) is 0 Å². The van der Waals surface area contributed by atoms with Gasteiger partial charge >= 0.3 is 0 Å². The Bertz CT molecular complexity index is 452. The van der Waals surface area contributed by atoms with Gasteiger partial charge in [-0.1, -0.05) is 25.7 Å². The average molecular weight is 200 g/mol. The van der Waals surface area contributed by atoms with Gasteiger partial charge < -0.3 is 4.98 Å². The first-order valence-corrected chi connectivity index (χ1v) is 5.84. The van der Waals surface area contributed by atoms with Crippen molar-refractivity contribution in [3.05, 3.63) is 30.1 Å². The lowest BCUT2D eigenvalue weighted by atomic mass is 9.98. The number of hydrogen-bond acceptors (Lipinski definition) is 1. The Kier molecular flexibility index (Phi) is 2.20. The zero-order valence-corrected chi connectivity index (χ0v) is 8.87. The highest BCUT2D eigenvalue weighted by Crippen LogP contribution is 2.29. The molecular formula is C13H16N2. The van der Waals surface area contributed by atoms with E-state index in [1.54, 1.807) is 0 Å². The monoisotopic (exact) mass is 200 g/mol. The van der Waals surface area contributed by atoms with E-state index in [9.17, 15) is 0 Å². The topological polar surface area (TPSA) is 28.7 Å². The number of rotatable bonds is 2. The third-order valence-corrected chi connectivity index (χ3v) is 3.52. The molecule has 0 spiro atoms. The molecule has 1 saturated carbocycles. The van der Waals surface area contributed by atoms with Crippen LogP contribution in [0.4, 0.5) is 0 Å². The average Bonchev–Trinajstić information content (AvgIpc) is 2.89. The normalized spacial score (nSPS) is 17.6. The summed E-state index contributed by atoms with van der Waals surface area (Å²) in [5, 5.41) is 1.31. The van der Waals surface area contributed by atoms with Crippen LogP contribution in [-0.2, 0) is 6.42 Å². The second-order valence-electron chi connectivity index (χ2n) is 4.57. The highest BCUT2D eigenvalue weighted by molar-refractivity contribution is 5.79. The van der Waals surface area contributed by atoms with Crippen molar-refractivity contribution < 1.29 is 0 Å². The van der Waals surface area contributed by atoms with E-state index in [4.69, 9.17) is 0 Å². The number of fused-ring (bicyclic) bond motifs is 1. The van der Waals surface area contributed by atoms with Crippen LogP contribution in [0.3, 0.4) is 0 Å². The fourth-order valence-corrected chi connectivity index (χ4v) is 2.71. The first kappa shape index (κ1) is 8.96. The minimum absolute atomic E-state index is 0.907. The molecule has 0 saturated heterocycles. The van der Waals surface area contributed by atoms with E-state index in [2.05, 4.69) is 22.2 Å². The molecule has 0 atom stereocenters. The second-order valence-corrected chi connectivity index (χ2v) is 4.57. The molecule has 2 aromatic heterocycles. The highest BCUT2D eigenvalue weighted by atomic mass is 14.8. The van der Waals surface area contributed by atoms with Gasteiger partial charge in [0.25, 0.3) is 0 Å². The standard InChI is InChI=1S/C13H16N2/c1-2-5-10(4-1)8-11-9-15-13-12(11)6-3-7-14-13/h3,6-7,9-10H,1-2,4-5,8H2,(H,14,15). The SMILES string of the molecule is c1cnc2[nH]cc(CC3CCCC3)c2c1. The van der Waals surface area contributed by atoms with E-state index in [0.717, 1.165) is 11.6 Å². The molecule has 15 heavy (non-hydrogen) atoms. The number of hydrogen-bond donors (Lipinski definition) is 1. The summed E-state index contributed by atoms with van der Waals surface area (Å²) in [5.41, 5.74) is 2.48. The zero-order valence-electron chi connectivity index (χ0n) is 8.87. The molecule has 1 aliphatic carbocycles. The molecule has 2 heteroatoms. The van der Waals surface area contributed by atoms with Crippen LogP contribution >= 0.6 is 0 Å². The molecule has 0 aliphatic heterocycles.